The van der Waals surface area contributed by atoms with Gasteiger partial charge >= 0.3 is 5.97 Å². The average Bonchev–Trinajstić information content (AvgIpc) is 2.58. The molecule has 0 saturated heterocycles. The van der Waals surface area contributed by atoms with Crippen LogP contribution in [0.1, 0.15) is 21.5 Å². The number of benzene rings is 2. The largest absolute Gasteiger partial charge is 0.508 e. The molecule has 0 aliphatic carbocycles. The Morgan fingerprint density at radius 2 is 1.92 bits per heavy atom. The summed E-state index contributed by atoms with van der Waals surface area (Å²) in [5.41, 5.74) is 2.38. The smallest absolute Gasteiger partial charge is 0.338 e. The molecule has 2 N–H and O–H groups in total. The third-order valence-electron chi connectivity index (χ3n) is 3.43. The number of esters is 1. The standard InChI is InChI=1S/C19H21NO5/c1-13-6-7-17(14(2)10-13)24-9-8-20-18(22)12-25-19(23)15-4-3-5-16(21)11-15/h3-7,10-11,21H,8-9,12H2,1-2H3,(H,20,22). The van der Waals surface area contributed by atoms with Gasteiger partial charge in [0.15, 0.2) is 6.61 Å². The molecular weight excluding hydrogens is 322 g/mol. The number of aryl methyl sites for hydroxylation is 2. The van der Waals surface area contributed by atoms with Gasteiger partial charge in [-0.25, -0.2) is 4.79 Å². The summed E-state index contributed by atoms with van der Waals surface area (Å²) in [7, 11) is 0. The van der Waals surface area contributed by atoms with Crippen LogP contribution in [0.3, 0.4) is 0 Å². The molecule has 2 aromatic rings. The number of phenols is 1. The van der Waals surface area contributed by atoms with Gasteiger partial charge in [-0.05, 0) is 43.7 Å². The van der Waals surface area contributed by atoms with Gasteiger partial charge in [0.1, 0.15) is 18.1 Å². The summed E-state index contributed by atoms with van der Waals surface area (Å²) < 4.78 is 10.5. The summed E-state index contributed by atoms with van der Waals surface area (Å²) in [5.74, 6) is -0.354. The Labute approximate surface area is 146 Å². The molecule has 2 rings (SSSR count). The first-order valence-corrected chi connectivity index (χ1v) is 7.88. The number of ether oxygens (including phenoxy) is 2. The fourth-order valence-corrected chi connectivity index (χ4v) is 2.21. The number of carbonyl (C=O) groups excluding carboxylic acids is 2. The average molecular weight is 343 g/mol. The highest BCUT2D eigenvalue weighted by Crippen LogP contribution is 2.18. The highest BCUT2D eigenvalue weighted by atomic mass is 16.5. The molecule has 0 atom stereocenters. The summed E-state index contributed by atoms with van der Waals surface area (Å²) in [6, 6.07) is 11.6. The van der Waals surface area contributed by atoms with Crippen LogP contribution >= 0.6 is 0 Å². The van der Waals surface area contributed by atoms with Crippen LogP contribution in [-0.2, 0) is 9.53 Å². The summed E-state index contributed by atoms with van der Waals surface area (Å²) in [6.45, 7) is 4.20. The summed E-state index contributed by atoms with van der Waals surface area (Å²) in [4.78, 5) is 23.4. The monoisotopic (exact) mass is 343 g/mol. The molecule has 2 aromatic carbocycles. The second-order valence-electron chi connectivity index (χ2n) is 5.59. The number of hydrogen-bond donors (Lipinski definition) is 2. The molecule has 0 heterocycles. The van der Waals surface area contributed by atoms with Crippen LogP contribution in [0.15, 0.2) is 42.5 Å². The van der Waals surface area contributed by atoms with Crippen LogP contribution < -0.4 is 10.1 Å². The Balaban J connectivity index is 1.68. The maximum absolute atomic E-state index is 11.7. The van der Waals surface area contributed by atoms with Crippen molar-refractivity contribution in [3.8, 4) is 11.5 Å². The van der Waals surface area contributed by atoms with Crippen LogP contribution in [0.5, 0.6) is 11.5 Å². The van der Waals surface area contributed by atoms with Gasteiger partial charge in [-0.1, -0.05) is 23.8 Å². The van der Waals surface area contributed by atoms with E-state index in [2.05, 4.69) is 5.32 Å². The normalized spacial score (nSPS) is 10.2. The molecule has 0 radical (unpaired) electrons. The lowest BCUT2D eigenvalue weighted by atomic mass is 10.1. The van der Waals surface area contributed by atoms with E-state index in [9.17, 15) is 14.7 Å². The van der Waals surface area contributed by atoms with E-state index in [0.717, 1.165) is 16.9 Å². The SMILES string of the molecule is Cc1ccc(OCCNC(=O)COC(=O)c2cccc(O)c2)c(C)c1. The molecule has 0 bridgehead atoms. The van der Waals surface area contributed by atoms with Crippen LogP contribution in [0.4, 0.5) is 0 Å². The highest BCUT2D eigenvalue weighted by Gasteiger charge is 2.10. The summed E-state index contributed by atoms with van der Waals surface area (Å²) in [5, 5.41) is 11.9. The Hall–Kier alpha value is -3.02. The lowest BCUT2D eigenvalue weighted by molar-refractivity contribution is -0.124. The molecule has 0 fully saturated rings. The van der Waals surface area contributed by atoms with E-state index >= 15 is 0 Å². The second kappa shape index (κ2) is 8.73. The van der Waals surface area contributed by atoms with Gasteiger partial charge in [0.2, 0.25) is 0 Å². The number of nitrogens with one attached hydrogen (secondary N) is 1. The molecule has 6 nitrogen and oxygen atoms in total. The van der Waals surface area contributed by atoms with Crippen molar-refractivity contribution in [3.63, 3.8) is 0 Å². The minimum absolute atomic E-state index is 0.0394. The van der Waals surface area contributed by atoms with Gasteiger partial charge in [0.05, 0.1) is 12.1 Å². The molecule has 0 unspecified atom stereocenters. The van der Waals surface area contributed by atoms with Gasteiger partial charge in [0, 0.05) is 0 Å². The number of amides is 1. The first-order chi connectivity index (χ1) is 12.0. The first-order valence-electron chi connectivity index (χ1n) is 7.88. The molecule has 1 amide bonds. The number of rotatable bonds is 7. The Morgan fingerprint density at radius 1 is 1.12 bits per heavy atom. The highest BCUT2D eigenvalue weighted by molar-refractivity contribution is 5.91. The Bertz CT molecular complexity index is 757. The number of aromatic hydroxyl groups is 1. The zero-order valence-corrected chi connectivity index (χ0v) is 14.2. The molecule has 0 aromatic heterocycles. The molecule has 132 valence electrons. The van der Waals surface area contributed by atoms with E-state index in [4.69, 9.17) is 9.47 Å². The number of carbonyl (C=O) groups is 2. The van der Waals surface area contributed by atoms with Crippen molar-refractivity contribution in [2.75, 3.05) is 19.8 Å². The van der Waals surface area contributed by atoms with Crippen LogP contribution in [0.2, 0.25) is 0 Å². The van der Waals surface area contributed by atoms with Gasteiger partial charge < -0.3 is 19.9 Å². The lowest BCUT2D eigenvalue weighted by Crippen LogP contribution is -2.32. The minimum atomic E-state index is -0.669. The van der Waals surface area contributed by atoms with Crippen molar-refractivity contribution in [3.05, 3.63) is 59.2 Å². The summed E-state index contributed by atoms with van der Waals surface area (Å²) in [6.07, 6.45) is 0. The van der Waals surface area contributed by atoms with Crippen LogP contribution in [0.25, 0.3) is 0 Å². The zero-order chi connectivity index (χ0) is 18.2. The molecule has 0 spiro atoms. The van der Waals surface area contributed by atoms with E-state index in [-0.39, 0.29) is 11.3 Å². The van der Waals surface area contributed by atoms with Crippen molar-refractivity contribution in [1.29, 1.82) is 0 Å². The van der Waals surface area contributed by atoms with Crippen molar-refractivity contribution in [2.24, 2.45) is 0 Å². The molecule has 25 heavy (non-hydrogen) atoms. The van der Waals surface area contributed by atoms with Crippen molar-refractivity contribution < 1.29 is 24.2 Å². The van der Waals surface area contributed by atoms with Gasteiger partial charge in [0.25, 0.3) is 5.91 Å². The second-order valence-corrected chi connectivity index (χ2v) is 5.59. The van der Waals surface area contributed by atoms with E-state index < -0.39 is 18.5 Å². The molecule has 6 heteroatoms. The van der Waals surface area contributed by atoms with Crippen LogP contribution in [0, 0.1) is 13.8 Å². The topological polar surface area (TPSA) is 84.9 Å². The third kappa shape index (κ3) is 5.84. The quantitative estimate of drug-likeness (QED) is 0.595. The Morgan fingerprint density at radius 3 is 2.64 bits per heavy atom. The maximum Gasteiger partial charge on any atom is 0.338 e. The van der Waals surface area contributed by atoms with Gasteiger partial charge in [-0.2, -0.15) is 0 Å². The van der Waals surface area contributed by atoms with E-state index in [1.807, 2.05) is 32.0 Å². The van der Waals surface area contributed by atoms with Crippen LogP contribution in [-0.4, -0.2) is 36.7 Å². The van der Waals surface area contributed by atoms with Crippen molar-refractivity contribution >= 4 is 11.9 Å². The Kier molecular flexibility index (Phi) is 6.39. The maximum atomic E-state index is 11.7. The van der Waals surface area contributed by atoms with E-state index in [0.29, 0.717) is 13.2 Å². The predicted octanol–water partition coefficient (Wildman–Crippen LogP) is 2.36. The third-order valence-corrected chi connectivity index (χ3v) is 3.43. The molecule has 0 aliphatic rings. The zero-order valence-electron chi connectivity index (χ0n) is 14.2. The molecule has 0 aliphatic heterocycles. The number of phenolic OH excluding ortho intramolecular Hbond substituents is 1. The lowest BCUT2D eigenvalue weighted by Gasteiger charge is -2.10. The van der Waals surface area contributed by atoms with Crippen molar-refractivity contribution in [1.82, 2.24) is 5.32 Å². The number of hydrogen-bond acceptors (Lipinski definition) is 5. The molecular formula is C19H21NO5. The van der Waals surface area contributed by atoms with Crippen molar-refractivity contribution in [2.45, 2.75) is 13.8 Å². The van der Waals surface area contributed by atoms with Gasteiger partial charge in [-0.15, -0.1) is 0 Å². The molecule has 0 saturated carbocycles. The first kappa shape index (κ1) is 18.3. The van der Waals surface area contributed by atoms with Gasteiger partial charge in [-0.3, -0.25) is 4.79 Å². The van der Waals surface area contributed by atoms with E-state index in [1.165, 1.54) is 24.3 Å². The minimum Gasteiger partial charge on any atom is -0.508 e. The summed E-state index contributed by atoms with van der Waals surface area (Å²) >= 11 is 0. The van der Waals surface area contributed by atoms with E-state index in [1.54, 1.807) is 0 Å². The fraction of sp³-hybridized carbons (Fsp3) is 0.263. The predicted molar refractivity (Wildman–Crippen MR) is 92.8 cm³/mol. The fourth-order valence-electron chi connectivity index (χ4n) is 2.21.